The number of halogens is 3. The van der Waals surface area contributed by atoms with Crippen molar-refractivity contribution in [2.75, 3.05) is 29.4 Å². The minimum Gasteiger partial charge on any atom is -0.474 e. The van der Waals surface area contributed by atoms with Gasteiger partial charge in [0, 0.05) is 19.2 Å². The molecule has 196 valence electrons. The zero-order valence-corrected chi connectivity index (χ0v) is 20.5. The number of ether oxygens (including phenoxy) is 1. The molecule has 5 rings (SSSR count). The van der Waals surface area contributed by atoms with E-state index < -0.39 is 23.0 Å². The number of piperidine rings is 1. The van der Waals surface area contributed by atoms with Crippen LogP contribution in [0, 0.1) is 23.7 Å². The van der Waals surface area contributed by atoms with Crippen LogP contribution in [0.25, 0.3) is 0 Å². The molecular weight excluding hydrogens is 497 g/mol. The fourth-order valence-electron chi connectivity index (χ4n) is 5.32. The van der Waals surface area contributed by atoms with E-state index >= 15 is 0 Å². The number of terminal acetylenes is 1. The summed E-state index contributed by atoms with van der Waals surface area (Å²) in [4.78, 5) is 26.8. The molecule has 1 amide bonds. The molecule has 0 unspecified atom stereocenters. The topological polar surface area (TPSA) is 85.6 Å². The van der Waals surface area contributed by atoms with Gasteiger partial charge in [-0.05, 0) is 44.2 Å². The van der Waals surface area contributed by atoms with Gasteiger partial charge in [0.1, 0.15) is 23.5 Å². The van der Waals surface area contributed by atoms with E-state index in [1.165, 1.54) is 6.07 Å². The van der Waals surface area contributed by atoms with Crippen LogP contribution in [0.5, 0.6) is 5.88 Å². The first-order chi connectivity index (χ1) is 18.2. The van der Waals surface area contributed by atoms with Crippen molar-refractivity contribution in [3.05, 3.63) is 54.3 Å². The third-order valence-corrected chi connectivity index (χ3v) is 7.38. The maximum atomic E-state index is 13.6. The van der Waals surface area contributed by atoms with Crippen molar-refractivity contribution in [2.45, 2.75) is 49.9 Å². The SMILES string of the molecule is C#CCN1CCC(Oc2ccc(N3C(=C)N(c4cnc(C#N)c(C(F)(F)F)c4)C(=O)C34CCC4)cn2)CC1. The van der Waals surface area contributed by atoms with Gasteiger partial charge in [-0.2, -0.15) is 18.4 Å². The fourth-order valence-corrected chi connectivity index (χ4v) is 5.32. The third-order valence-electron chi connectivity index (χ3n) is 7.38. The highest BCUT2D eigenvalue weighted by atomic mass is 19.4. The number of nitrogens with zero attached hydrogens (tertiary/aromatic N) is 6. The predicted molar refractivity (Wildman–Crippen MR) is 133 cm³/mol. The van der Waals surface area contributed by atoms with Crippen molar-refractivity contribution in [1.29, 1.82) is 5.26 Å². The van der Waals surface area contributed by atoms with Gasteiger partial charge in [-0.15, -0.1) is 6.42 Å². The Kier molecular flexibility index (Phi) is 6.49. The second-order valence-electron chi connectivity index (χ2n) is 9.63. The van der Waals surface area contributed by atoms with Crippen LogP contribution in [0.2, 0.25) is 0 Å². The Balaban J connectivity index is 1.38. The lowest BCUT2D eigenvalue weighted by Crippen LogP contribution is -2.54. The Hall–Kier alpha value is -4.09. The first-order valence-electron chi connectivity index (χ1n) is 12.3. The zero-order chi connectivity index (χ0) is 27.1. The molecule has 0 atom stereocenters. The van der Waals surface area contributed by atoms with E-state index in [1.54, 1.807) is 23.2 Å². The maximum Gasteiger partial charge on any atom is 0.419 e. The smallest absolute Gasteiger partial charge is 0.419 e. The number of nitriles is 1. The van der Waals surface area contributed by atoms with E-state index in [0.717, 1.165) is 49.5 Å². The number of carbonyl (C=O) groups is 1. The van der Waals surface area contributed by atoms with Crippen molar-refractivity contribution in [2.24, 2.45) is 0 Å². The van der Waals surface area contributed by atoms with Gasteiger partial charge in [0.15, 0.2) is 5.69 Å². The quantitative estimate of drug-likeness (QED) is 0.547. The van der Waals surface area contributed by atoms with Crippen LogP contribution in [0.15, 0.2) is 43.0 Å². The summed E-state index contributed by atoms with van der Waals surface area (Å²) in [5.74, 6) is 2.92. The molecule has 0 radical (unpaired) electrons. The number of rotatable bonds is 5. The summed E-state index contributed by atoms with van der Waals surface area (Å²) in [5.41, 5.74) is -2.43. The van der Waals surface area contributed by atoms with Crippen molar-refractivity contribution < 1.29 is 22.7 Å². The summed E-state index contributed by atoms with van der Waals surface area (Å²) in [6.07, 6.45) is 6.77. The van der Waals surface area contributed by atoms with Crippen LogP contribution in [0.4, 0.5) is 24.5 Å². The van der Waals surface area contributed by atoms with E-state index in [0.29, 0.717) is 31.0 Å². The molecule has 0 N–H and O–H groups in total. The second kappa shape index (κ2) is 9.66. The predicted octanol–water partition coefficient (Wildman–Crippen LogP) is 4.09. The first-order valence-corrected chi connectivity index (χ1v) is 12.3. The van der Waals surface area contributed by atoms with Crippen LogP contribution in [0.1, 0.15) is 43.4 Å². The number of amides is 1. The summed E-state index contributed by atoms with van der Waals surface area (Å²) in [7, 11) is 0. The van der Waals surface area contributed by atoms with Gasteiger partial charge in [0.2, 0.25) is 5.88 Å². The molecular formula is C27H25F3N6O2. The molecule has 1 spiro atoms. The van der Waals surface area contributed by atoms with Gasteiger partial charge in [0.25, 0.3) is 5.91 Å². The molecule has 8 nitrogen and oxygen atoms in total. The number of likely N-dealkylation sites (tertiary alicyclic amines) is 1. The van der Waals surface area contributed by atoms with E-state index in [2.05, 4.69) is 27.4 Å². The lowest BCUT2D eigenvalue weighted by atomic mass is 9.75. The molecule has 38 heavy (non-hydrogen) atoms. The van der Waals surface area contributed by atoms with Crippen LogP contribution >= 0.6 is 0 Å². The number of hydrogen-bond acceptors (Lipinski definition) is 7. The summed E-state index contributed by atoms with van der Waals surface area (Å²) >= 11 is 0. The van der Waals surface area contributed by atoms with E-state index in [1.807, 2.05) is 0 Å². The van der Waals surface area contributed by atoms with Crippen LogP contribution in [-0.4, -0.2) is 52.1 Å². The monoisotopic (exact) mass is 522 g/mol. The van der Waals surface area contributed by atoms with E-state index in [4.69, 9.17) is 16.4 Å². The molecule has 3 fully saturated rings. The number of aromatic nitrogens is 2. The second-order valence-corrected chi connectivity index (χ2v) is 9.63. The molecule has 1 aliphatic carbocycles. The number of pyridine rings is 2. The lowest BCUT2D eigenvalue weighted by Gasteiger charge is -2.43. The molecule has 2 saturated heterocycles. The normalized spacial score (nSPS) is 19.8. The average molecular weight is 523 g/mol. The highest BCUT2D eigenvalue weighted by Crippen LogP contribution is 2.50. The summed E-state index contributed by atoms with van der Waals surface area (Å²) in [6.45, 7) is 6.36. The standard InChI is InChI=1S/C27H25F3N6O2/c1-3-11-34-12-7-21(8-13-34)38-24-6-5-19(16-33-24)36-18(2)35(25(37)26(36)9-4-10-26)20-14-22(27(28,29)30)23(15-31)32-17-20/h1,5-6,14,16-17,21H,2,4,7-13H2. The maximum absolute atomic E-state index is 13.6. The average Bonchev–Trinajstić information content (AvgIpc) is 3.11. The molecule has 3 aliphatic rings. The van der Waals surface area contributed by atoms with Crippen LogP contribution in [-0.2, 0) is 11.0 Å². The highest BCUT2D eigenvalue weighted by molar-refractivity contribution is 6.10. The zero-order valence-electron chi connectivity index (χ0n) is 20.5. The van der Waals surface area contributed by atoms with Gasteiger partial charge in [0.05, 0.1) is 35.9 Å². The Morgan fingerprint density at radius 3 is 2.45 bits per heavy atom. The number of carbonyl (C=O) groups excluding carboxylic acids is 1. The molecule has 2 aromatic heterocycles. The van der Waals surface area contributed by atoms with Crippen molar-refractivity contribution in [1.82, 2.24) is 14.9 Å². The molecule has 1 saturated carbocycles. The largest absolute Gasteiger partial charge is 0.474 e. The van der Waals surface area contributed by atoms with Gasteiger partial charge in [-0.1, -0.05) is 12.5 Å². The highest BCUT2D eigenvalue weighted by Gasteiger charge is 2.59. The van der Waals surface area contributed by atoms with E-state index in [-0.39, 0.29) is 23.5 Å². The van der Waals surface area contributed by atoms with Crippen LogP contribution < -0.4 is 14.5 Å². The minimum atomic E-state index is -4.80. The van der Waals surface area contributed by atoms with E-state index in [9.17, 15) is 18.0 Å². The Bertz CT molecular complexity index is 1330. The number of anilines is 2. The molecule has 11 heteroatoms. The molecule has 4 heterocycles. The van der Waals surface area contributed by atoms with Gasteiger partial charge in [-0.3, -0.25) is 14.6 Å². The van der Waals surface area contributed by atoms with Gasteiger partial charge < -0.3 is 9.64 Å². The van der Waals surface area contributed by atoms with Crippen LogP contribution in [0.3, 0.4) is 0 Å². The van der Waals surface area contributed by atoms with Crippen molar-refractivity contribution >= 4 is 17.3 Å². The van der Waals surface area contributed by atoms with Gasteiger partial charge in [-0.25, -0.2) is 9.97 Å². The van der Waals surface area contributed by atoms with Crippen molar-refractivity contribution in [3.63, 3.8) is 0 Å². The lowest BCUT2D eigenvalue weighted by molar-refractivity contribution is -0.138. The van der Waals surface area contributed by atoms with Crippen molar-refractivity contribution in [3.8, 4) is 24.3 Å². The Morgan fingerprint density at radius 2 is 1.89 bits per heavy atom. The fraction of sp³-hybridized carbons (Fsp3) is 0.407. The summed E-state index contributed by atoms with van der Waals surface area (Å²) in [6, 6.07) is 5.73. The molecule has 0 aromatic carbocycles. The third kappa shape index (κ3) is 4.33. The molecule has 0 bridgehead atoms. The minimum absolute atomic E-state index is 0.0193. The summed E-state index contributed by atoms with van der Waals surface area (Å²) in [5, 5.41) is 9.08. The van der Waals surface area contributed by atoms with Gasteiger partial charge >= 0.3 is 6.18 Å². The number of alkyl halides is 3. The molecule has 2 aromatic rings. The number of hydrogen-bond donors (Lipinski definition) is 0. The first kappa shape index (κ1) is 25.6. The summed E-state index contributed by atoms with van der Waals surface area (Å²) < 4.78 is 46.8. The Morgan fingerprint density at radius 1 is 1.18 bits per heavy atom. The molecule has 2 aliphatic heterocycles. The Labute approximate surface area is 218 Å².